The molecular weight excluding hydrogens is 382 g/mol. The number of anilines is 1. The lowest BCUT2D eigenvalue weighted by Crippen LogP contribution is -2.20. The first-order chi connectivity index (χ1) is 14.7. The molecule has 3 aromatic rings. The predicted octanol–water partition coefficient (Wildman–Crippen LogP) is 3.67. The van der Waals surface area contributed by atoms with Crippen molar-refractivity contribution in [2.75, 3.05) is 19.0 Å². The van der Waals surface area contributed by atoms with Crippen LogP contribution in [0.5, 0.6) is 11.5 Å². The first-order valence-electron chi connectivity index (χ1n) is 9.72. The van der Waals surface area contributed by atoms with Crippen molar-refractivity contribution in [2.45, 2.75) is 19.4 Å². The summed E-state index contributed by atoms with van der Waals surface area (Å²) >= 11 is 0. The minimum Gasteiger partial charge on any atom is -0.493 e. The number of aromatic nitrogens is 2. The molecule has 0 saturated carbocycles. The Balaban J connectivity index is 1.52. The number of esters is 1. The van der Waals surface area contributed by atoms with Gasteiger partial charge in [0.05, 0.1) is 18.4 Å². The van der Waals surface area contributed by atoms with E-state index in [9.17, 15) is 4.79 Å². The lowest BCUT2D eigenvalue weighted by atomic mass is 9.82. The molecule has 0 aliphatic carbocycles. The number of ether oxygens (including phenoxy) is 3. The molecule has 2 aliphatic heterocycles. The van der Waals surface area contributed by atoms with E-state index < -0.39 is 0 Å². The molecule has 3 heterocycles. The summed E-state index contributed by atoms with van der Waals surface area (Å²) in [5, 5.41) is 10.6. The van der Waals surface area contributed by atoms with Gasteiger partial charge in [0.1, 0.15) is 13.2 Å². The third kappa shape index (κ3) is 2.99. The number of H-pyrrole nitrogens is 1. The molecule has 0 amide bonds. The number of aromatic amines is 1. The number of aryl methyl sites for hydroxylation is 1. The average molecular weight is 403 g/mol. The second-order valence-electron chi connectivity index (χ2n) is 7.32. The molecule has 0 unspecified atom stereocenters. The first-order valence-corrected chi connectivity index (χ1v) is 9.72. The van der Waals surface area contributed by atoms with Gasteiger partial charge in [-0.1, -0.05) is 36.4 Å². The fourth-order valence-corrected chi connectivity index (χ4v) is 4.04. The number of fused-ring (bicyclic) bond motifs is 1. The Kier molecular flexibility index (Phi) is 4.43. The lowest BCUT2D eigenvalue weighted by Gasteiger charge is -2.25. The minimum atomic E-state index is -0.308. The first kappa shape index (κ1) is 18.3. The summed E-state index contributed by atoms with van der Waals surface area (Å²) in [6.07, 6.45) is 0. The summed E-state index contributed by atoms with van der Waals surface area (Å²) in [7, 11) is 1.61. The van der Waals surface area contributed by atoms with Gasteiger partial charge in [0.2, 0.25) is 0 Å². The summed E-state index contributed by atoms with van der Waals surface area (Å²) in [6, 6.07) is 15.7. The summed E-state index contributed by atoms with van der Waals surface area (Å²) in [6.45, 7) is 2.61. The third-order valence-electron chi connectivity index (χ3n) is 5.49. The van der Waals surface area contributed by atoms with Gasteiger partial charge in [0.15, 0.2) is 17.3 Å². The lowest BCUT2D eigenvalue weighted by molar-refractivity contribution is -0.136. The van der Waals surface area contributed by atoms with Crippen molar-refractivity contribution in [1.82, 2.24) is 10.2 Å². The standard InChI is InChI=1S/C23H21N3O4/c1-13-19-20(21-16(12-30-23(21)27)24-22(19)26-25-13)15-8-9-17(18(10-15)28-2)29-11-14-6-4-3-5-7-14/h3-10,20H,11-12H2,1-2H3,(H2,24,25,26)/t20-/m0/s1. The van der Waals surface area contributed by atoms with E-state index in [2.05, 4.69) is 15.5 Å². The zero-order valence-electron chi connectivity index (χ0n) is 16.7. The monoisotopic (exact) mass is 403 g/mol. The highest BCUT2D eigenvalue weighted by Crippen LogP contribution is 2.46. The molecule has 5 rings (SSSR count). The van der Waals surface area contributed by atoms with Gasteiger partial charge in [-0.2, -0.15) is 5.10 Å². The molecule has 2 aliphatic rings. The van der Waals surface area contributed by atoms with Crippen molar-refractivity contribution in [3.8, 4) is 11.5 Å². The summed E-state index contributed by atoms with van der Waals surface area (Å²) in [5.41, 5.74) is 5.20. The molecule has 152 valence electrons. The Morgan fingerprint density at radius 2 is 2.00 bits per heavy atom. The van der Waals surface area contributed by atoms with Crippen molar-refractivity contribution in [3.63, 3.8) is 0 Å². The third-order valence-corrected chi connectivity index (χ3v) is 5.49. The van der Waals surface area contributed by atoms with Gasteiger partial charge < -0.3 is 19.5 Å². The largest absolute Gasteiger partial charge is 0.493 e. The maximum Gasteiger partial charge on any atom is 0.337 e. The second kappa shape index (κ2) is 7.26. The quantitative estimate of drug-likeness (QED) is 0.632. The molecule has 2 N–H and O–H groups in total. The highest BCUT2D eigenvalue weighted by molar-refractivity contribution is 5.97. The SMILES string of the molecule is COc1cc([C@@H]2C3=C(COC3=O)Nc3n[nH]c(C)c32)ccc1OCc1ccccc1. The van der Waals surface area contributed by atoms with E-state index in [1.165, 1.54) is 0 Å². The van der Waals surface area contributed by atoms with E-state index in [1.807, 2.05) is 55.5 Å². The summed E-state index contributed by atoms with van der Waals surface area (Å²) in [4.78, 5) is 12.5. The van der Waals surface area contributed by atoms with Gasteiger partial charge in [-0.15, -0.1) is 0 Å². The van der Waals surface area contributed by atoms with Gasteiger partial charge in [0, 0.05) is 17.2 Å². The number of hydrogen-bond donors (Lipinski definition) is 2. The van der Waals surface area contributed by atoms with Crippen LogP contribution in [-0.4, -0.2) is 29.9 Å². The van der Waals surface area contributed by atoms with Crippen LogP contribution in [0.2, 0.25) is 0 Å². The van der Waals surface area contributed by atoms with Crippen molar-refractivity contribution < 1.29 is 19.0 Å². The molecule has 1 aromatic heterocycles. The van der Waals surface area contributed by atoms with Crippen LogP contribution in [0.15, 0.2) is 59.8 Å². The van der Waals surface area contributed by atoms with Crippen LogP contribution in [0.3, 0.4) is 0 Å². The van der Waals surface area contributed by atoms with E-state index in [1.54, 1.807) is 7.11 Å². The molecule has 7 nitrogen and oxygen atoms in total. The fraction of sp³-hybridized carbons (Fsp3) is 0.217. The van der Waals surface area contributed by atoms with Crippen LogP contribution in [-0.2, 0) is 16.1 Å². The molecule has 0 bridgehead atoms. The van der Waals surface area contributed by atoms with Crippen LogP contribution < -0.4 is 14.8 Å². The van der Waals surface area contributed by atoms with Gasteiger partial charge in [-0.05, 0) is 30.2 Å². The number of cyclic esters (lactones) is 1. The molecule has 0 saturated heterocycles. The molecule has 0 spiro atoms. The second-order valence-corrected chi connectivity index (χ2v) is 7.32. The number of rotatable bonds is 5. The maximum absolute atomic E-state index is 12.5. The maximum atomic E-state index is 12.5. The van der Waals surface area contributed by atoms with Crippen molar-refractivity contribution in [1.29, 1.82) is 0 Å². The smallest absolute Gasteiger partial charge is 0.337 e. The van der Waals surface area contributed by atoms with Crippen molar-refractivity contribution in [2.24, 2.45) is 0 Å². The van der Waals surface area contributed by atoms with Crippen molar-refractivity contribution in [3.05, 3.63) is 82.2 Å². The van der Waals surface area contributed by atoms with Gasteiger partial charge in [0.25, 0.3) is 0 Å². The molecule has 1 atom stereocenters. The Hall–Kier alpha value is -3.74. The number of carbonyl (C=O) groups is 1. The predicted molar refractivity (Wildman–Crippen MR) is 111 cm³/mol. The van der Waals surface area contributed by atoms with E-state index in [0.717, 1.165) is 33.9 Å². The number of hydrogen-bond acceptors (Lipinski definition) is 6. The molecular formula is C23H21N3O4. The Bertz CT molecular complexity index is 1150. The zero-order chi connectivity index (χ0) is 20.7. The zero-order valence-corrected chi connectivity index (χ0v) is 16.7. The highest BCUT2D eigenvalue weighted by atomic mass is 16.5. The normalized spacial score (nSPS) is 17.1. The summed E-state index contributed by atoms with van der Waals surface area (Å²) < 4.78 is 16.9. The number of benzene rings is 2. The molecule has 30 heavy (non-hydrogen) atoms. The Labute approximate surface area is 173 Å². The van der Waals surface area contributed by atoms with Crippen LogP contribution in [0.4, 0.5) is 5.82 Å². The molecule has 0 fully saturated rings. The van der Waals surface area contributed by atoms with E-state index >= 15 is 0 Å². The van der Waals surface area contributed by atoms with E-state index in [-0.39, 0.29) is 18.5 Å². The van der Waals surface area contributed by atoms with E-state index in [4.69, 9.17) is 14.2 Å². The van der Waals surface area contributed by atoms with E-state index in [0.29, 0.717) is 23.7 Å². The van der Waals surface area contributed by atoms with Gasteiger partial charge in [-0.25, -0.2) is 4.79 Å². The van der Waals surface area contributed by atoms with Crippen molar-refractivity contribution >= 4 is 11.8 Å². The molecule has 7 heteroatoms. The Morgan fingerprint density at radius 3 is 2.80 bits per heavy atom. The van der Waals surface area contributed by atoms with Crippen LogP contribution in [0.1, 0.15) is 28.3 Å². The molecule has 0 radical (unpaired) electrons. The van der Waals surface area contributed by atoms with Crippen LogP contribution >= 0.6 is 0 Å². The van der Waals surface area contributed by atoms with Crippen LogP contribution in [0, 0.1) is 6.92 Å². The van der Waals surface area contributed by atoms with Gasteiger partial charge in [-0.3, -0.25) is 5.10 Å². The molecule has 2 aromatic carbocycles. The van der Waals surface area contributed by atoms with Crippen LogP contribution in [0.25, 0.3) is 0 Å². The number of nitrogens with zero attached hydrogens (tertiary/aromatic N) is 1. The Morgan fingerprint density at radius 1 is 1.17 bits per heavy atom. The summed E-state index contributed by atoms with van der Waals surface area (Å²) in [5.74, 6) is 1.38. The average Bonchev–Trinajstić information content (AvgIpc) is 3.34. The number of nitrogens with one attached hydrogen (secondary N) is 2. The number of methoxy groups -OCH3 is 1. The fourth-order valence-electron chi connectivity index (χ4n) is 4.04. The number of carbonyl (C=O) groups excluding carboxylic acids is 1. The topological polar surface area (TPSA) is 85.5 Å². The minimum absolute atomic E-state index is 0.228. The van der Waals surface area contributed by atoms with Gasteiger partial charge >= 0.3 is 5.97 Å². The highest BCUT2D eigenvalue weighted by Gasteiger charge is 2.40.